The molecule has 282 valence electrons. The first-order valence-corrected chi connectivity index (χ1v) is 20.8. The maximum atomic E-state index is 12.4. The van der Waals surface area contributed by atoms with Crippen molar-refractivity contribution < 1.29 is 19.8 Å². The minimum absolute atomic E-state index is 0.0915. The number of rotatable bonds is 17. The van der Waals surface area contributed by atoms with Crippen LogP contribution < -0.4 is 10.6 Å². The second-order valence-electron chi connectivity index (χ2n) is 17.8. The van der Waals surface area contributed by atoms with Crippen molar-refractivity contribution in [1.82, 2.24) is 10.6 Å². The molecule has 0 radical (unpaired) electrons. The van der Waals surface area contributed by atoms with Crippen molar-refractivity contribution in [2.45, 2.75) is 155 Å². The molecule has 2 aromatic carbocycles. The SMILES string of the molecule is CC(C)(C)c1cc(CSCCC(=O)NCCCCCCNC(=O)CCSCc2cc(C(C)(C)C)c(O)c(C(C)(C)C)c2)cc(C(C)(C)C)c1O. The molecular formula is C42H68N2O4S2. The van der Waals surface area contributed by atoms with Crippen LogP contribution in [0.15, 0.2) is 24.3 Å². The van der Waals surface area contributed by atoms with E-state index in [4.69, 9.17) is 0 Å². The Morgan fingerprint density at radius 1 is 0.520 bits per heavy atom. The second kappa shape index (κ2) is 19.0. The summed E-state index contributed by atoms with van der Waals surface area (Å²) in [7, 11) is 0. The average Bonchev–Trinajstić information content (AvgIpc) is 2.97. The van der Waals surface area contributed by atoms with Crippen LogP contribution in [0.4, 0.5) is 0 Å². The first-order chi connectivity index (χ1) is 23.0. The summed E-state index contributed by atoms with van der Waals surface area (Å²) in [4.78, 5) is 24.7. The Hall–Kier alpha value is -2.32. The van der Waals surface area contributed by atoms with Crippen molar-refractivity contribution in [2.24, 2.45) is 0 Å². The van der Waals surface area contributed by atoms with Crippen molar-refractivity contribution in [1.29, 1.82) is 0 Å². The molecule has 8 heteroatoms. The van der Waals surface area contributed by atoms with Gasteiger partial charge in [0.15, 0.2) is 0 Å². The molecule has 0 saturated heterocycles. The van der Waals surface area contributed by atoms with E-state index in [1.54, 1.807) is 23.5 Å². The Kier molecular flexibility index (Phi) is 16.6. The first kappa shape index (κ1) is 43.8. The normalized spacial score (nSPS) is 12.6. The average molecular weight is 729 g/mol. The minimum Gasteiger partial charge on any atom is -0.507 e. The van der Waals surface area contributed by atoms with Gasteiger partial charge in [-0.25, -0.2) is 0 Å². The Morgan fingerprint density at radius 3 is 1.06 bits per heavy atom. The van der Waals surface area contributed by atoms with Gasteiger partial charge in [-0.15, -0.1) is 0 Å². The molecule has 0 aliphatic heterocycles. The molecule has 0 aliphatic rings. The zero-order valence-electron chi connectivity index (χ0n) is 33.3. The second-order valence-corrected chi connectivity index (χ2v) is 20.0. The van der Waals surface area contributed by atoms with Crippen LogP contribution >= 0.6 is 23.5 Å². The zero-order chi connectivity index (χ0) is 37.9. The summed E-state index contributed by atoms with van der Waals surface area (Å²) < 4.78 is 0. The third-order valence-electron chi connectivity index (χ3n) is 8.80. The Morgan fingerprint density at radius 2 is 0.800 bits per heavy atom. The van der Waals surface area contributed by atoms with Gasteiger partial charge in [-0.1, -0.05) is 120 Å². The summed E-state index contributed by atoms with van der Waals surface area (Å²) >= 11 is 3.51. The van der Waals surface area contributed by atoms with Crippen molar-refractivity contribution >= 4 is 35.3 Å². The molecule has 50 heavy (non-hydrogen) atoms. The highest BCUT2D eigenvalue weighted by Crippen LogP contribution is 2.41. The van der Waals surface area contributed by atoms with E-state index in [2.05, 4.69) is 118 Å². The molecule has 0 aliphatic carbocycles. The van der Waals surface area contributed by atoms with Crippen LogP contribution in [0.5, 0.6) is 11.5 Å². The van der Waals surface area contributed by atoms with E-state index in [-0.39, 0.29) is 33.5 Å². The highest BCUT2D eigenvalue weighted by molar-refractivity contribution is 7.98. The molecular weight excluding hydrogens is 661 g/mol. The minimum atomic E-state index is -0.149. The predicted octanol–water partition coefficient (Wildman–Crippen LogP) is 10.0. The lowest BCUT2D eigenvalue weighted by molar-refractivity contribution is -0.121. The summed E-state index contributed by atoms with van der Waals surface area (Å²) in [5.74, 6) is 4.13. The maximum Gasteiger partial charge on any atom is 0.220 e. The number of amides is 2. The lowest BCUT2D eigenvalue weighted by Gasteiger charge is -2.28. The highest BCUT2D eigenvalue weighted by Gasteiger charge is 2.28. The van der Waals surface area contributed by atoms with Gasteiger partial charge in [0, 0.05) is 48.9 Å². The maximum absolute atomic E-state index is 12.4. The number of phenolic OH excluding ortho intramolecular Hbond substituents is 2. The molecule has 6 nitrogen and oxygen atoms in total. The summed E-state index contributed by atoms with van der Waals surface area (Å²) in [5.41, 5.74) is 5.68. The number of phenols is 2. The van der Waals surface area contributed by atoms with E-state index in [1.165, 1.54) is 11.1 Å². The summed E-state index contributed by atoms with van der Waals surface area (Å²) in [5, 5.41) is 28.0. The van der Waals surface area contributed by atoms with Gasteiger partial charge in [-0.05, 0) is 67.9 Å². The fourth-order valence-corrected chi connectivity index (χ4v) is 7.54. The number of hydrogen-bond donors (Lipinski definition) is 4. The molecule has 0 bridgehead atoms. The van der Waals surface area contributed by atoms with Crippen LogP contribution in [0, 0.1) is 0 Å². The number of hydrogen-bond acceptors (Lipinski definition) is 6. The molecule has 0 spiro atoms. The van der Waals surface area contributed by atoms with Crippen molar-refractivity contribution in [3.63, 3.8) is 0 Å². The largest absolute Gasteiger partial charge is 0.507 e. The van der Waals surface area contributed by atoms with E-state index in [0.29, 0.717) is 37.4 Å². The lowest BCUT2D eigenvalue weighted by atomic mass is 9.78. The quantitative estimate of drug-likeness (QED) is 0.121. The number of aromatic hydroxyl groups is 2. The number of nitrogens with one attached hydrogen (secondary N) is 2. The van der Waals surface area contributed by atoms with Gasteiger partial charge >= 0.3 is 0 Å². The fourth-order valence-electron chi connectivity index (χ4n) is 5.79. The molecule has 0 unspecified atom stereocenters. The van der Waals surface area contributed by atoms with E-state index in [1.807, 2.05) is 0 Å². The molecule has 0 atom stereocenters. The van der Waals surface area contributed by atoms with Gasteiger partial charge in [0.1, 0.15) is 11.5 Å². The Bertz CT molecular complexity index is 1230. The third kappa shape index (κ3) is 14.7. The van der Waals surface area contributed by atoms with Crippen LogP contribution in [0.3, 0.4) is 0 Å². The van der Waals surface area contributed by atoms with Crippen molar-refractivity contribution in [3.8, 4) is 11.5 Å². The monoisotopic (exact) mass is 728 g/mol. The van der Waals surface area contributed by atoms with Crippen LogP contribution in [-0.2, 0) is 42.8 Å². The molecule has 0 heterocycles. The zero-order valence-corrected chi connectivity index (χ0v) is 35.0. The topological polar surface area (TPSA) is 98.7 Å². The molecule has 0 saturated carbocycles. The predicted molar refractivity (Wildman–Crippen MR) is 217 cm³/mol. The van der Waals surface area contributed by atoms with Crippen molar-refractivity contribution in [2.75, 3.05) is 24.6 Å². The highest BCUT2D eigenvalue weighted by atomic mass is 32.2. The van der Waals surface area contributed by atoms with Crippen LogP contribution in [-0.4, -0.2) is 46.6 Å². The number of carbonyl (C=O) groups excluding carboxylic acids is 2. The molecule has 4 N–H and O–H groups in total. The van der Waals surface area contributed by atoms with Gasteiger partial charge in [-0.2, -0.15) is 23.5 Å². The van der Waals surface area contributed by atoms with Crippen LogP contribution in [0.25, 0.3) is 0 Å². The summed E-state index contributed by atoms with van der Waals surface area (Å²) in [6.07, 6.45) is 4.91. The van der Waals surface area contributed by atoms with Crippen LogP contribution in [0.1, 0.15) is 155 Å². The summed E-state index contributed by atoms with van der Waals surface area (Å²) in [6, 6.07) is 8.47. The summed E-state index contributed by atoms with van der Waals surface area (Å²) in [6.45, 7) is 26.9. The Balaban J connectivity index is 1.59. The smallest absolute Gasteiger partial charge is 0.220 e. The van der Waals surface area contributed by atoms with Gasteiger partial charge in [0.25, 0.3) is 0 Å². The van der Waals surface area contributed by atoms with Gasteiger partial charge in [-0.3, -0.25) is 9.59 Å². The van der Waals surface area contributed by atoms with E-state index in [9.17, 15) is 19.8 Å². The van der Waals surface area contributed by atoms with Gasteiger partial charge < -0.3 is 20.8 Å². The van der Waals surface area contributed by atoms with E-state index >= 15 is 0 Å². The van der Waals surface area contributed by atoms with Gasteiger partial charge in [0.05, 0.1) is 0 Å². The number of benzene rings is 2. The van der Waals surface area contributed by atoms with Crippen LogP contribution in [0.2, 0.25) is 0 Å². The molecule has 0 aromatic heterocycles. The van der Waals surface area contributed by atoms with Gasteiger partial charge in [0.2, 0.25) is 11.8 Å². The van der Waals surface area contributed by atoms with Crippen molar-refractivity contribution in [3.05, 3.63) is 57.6 Å². The fraction of sp³-hybridized carbons (Fsp3) is 0.667. The third-order valence-corrected chi connectivity index (χ3v) is 10.9. The lowest BCUT2D eigenvalue weighted by Crippen LogP contribution is -2.25. The standard InChI is InChI=1S/C42H68N2O4S2/c1-39(2,3)31-23-29(24-32(37(31)47)40(4,5)6)27-49-21-17-35(45)43-19-15-13-14-16-20-44-36(46)18-22-50-28-30-25-33(41(7,8)9)38(48)34(26-30)42(10,11)12/h23-26,47-48H,13-22,27-28H2,1-12H3,(H,43,45)(H,44,46). The number of thioether (sulfide) groups is 2. The Labute approximate surface area is 313 Å². The number of unbranched alkanes of at least 4 members (excludes halogenated alkanes) is 3. The number of carbonyl (C=O) groups is 2. The van der Waals surface area contributed by atoms with E-state index in [0.717, 1.165) is 70.9 Å². The molecule has 2 amide bonds. The molecule has 2 rings (SSSR count). The van der Waals surface area contributed by atoms with E-state index < -0.39 is 0 Å². The first-order valence-electron chi connectivity index (χ1n) is 18.4. The molecule has 0 fully saturated rings. The molecule has 2 aromatic rings.